The van der Waals surface area contributed by atoms with Crippen molar-refractivity contribution in [1.29, 1.82) is 0 Å². The number of hydrogen-bond donors (Lipinski definition) is 2. The number of fused-ring (bicyclic) bond motifs is 1. The molecule has 8 nitrogen and oxygen atoms in total. The minimum atomic E-state index is -0.455. The van der Waals surface area contributed by atoms with Crippen LogP contribution in [0.25, 0.3) is 0 Å². The minimum absolute atomic E-state index is 0.0731. The van der Waals surface area contributed by atoms with Crippen LogP contribution in [-0.2, 0) is 4.79 Å². The number of benzene rings is 2. The molecule has 31 heavy (non-hydrogen) atoms. The van der Waals surface area contributed by atoms with Gasteiger partial charge in [0.25, 0.3) is 0 Å². The molecule has 0 saturated heterocycles. The first-order valence-corrected chi connectivity index (χ1v) is 10.1. The molecule has 1 aromatic heterocycles. The third kappa shape index (κ3) is 3.50. The van der Waals surface area contributed by atoms with Crippen LogP contribution in [0.3, 0.4) is 0 Å². The largest absolute Gasteiger partial charge is 0.497 e. The van der Waals surface area contributed by atoms with Gasteiger partial charge in [0.1, 0.15) is 11.5 Å². The summed E-state index contributed by atoms with van der Waals surface area (Å²) in [6, 6.07) is 15.2. The number of carbonyl (C=O) groups is 1. The number of aromatic nitrogens is 2. The van der Waals surface area contributed by atoms with Gasteiger partial charge in [0, 0.05) is 23.8 Å². The van der Waals surface area contributed by atoms with Gasteiger partial charge in [-0.2, -0.15) is 0 Å². The molecule has 0 bridgehead atoms. The van der Waals surface area contributed by atoms with Gasteiger partial charge < -0.3 is 20.1 Å². The van der Waals surface area contributed by atoms with Gasteiger partial charge in [-0.05, 0) is 45.9 Å². The lowest BCUT2D eigenvalue weighted by Gasteiger charge is -2.30. The fourth-order valence-corrected chi connectivity index (χ4v) is 4.31. The molecular formula is C23H22N4O4. The van der Waals surface area contributed by atoms with E-state index in [9.17, 15) is 4.79 Å². The predicted octanol–water partition coefficient (Wildman–Crippen LogP) is 4.07. The summed E-state index contributed by atoms with van der Waals surface area (Å²) < 4.78 is 15.8. The molecule has 2 heterocycles. The molecule has 1 aliphatic carbocycles. The van der Waals surface area contributed by atoms with E-state index in [1.807, 2.05) is 30.3 Å². The summed E-state index contributed by atoms with van der Waals surface area (Å²) in [5.41, 5.74) is 3.45. The van der Waals surface area contributed by atoms with Gasteiger partial charge in [-0.1, -0.05) is 30.3 Å². The third-order valence-electron chi connectivity index (χ3n) is 5.81. The standard InChI is InChI=1S/C23H22N4O4/c1-29-16-8-15(9-17(12-16)30-2)21-20-18(24-22-23(25-21)27-31-26-22)10-14(11-19(20)28)13-6-4-3-5-7-13/h3-9,12,14,21H,10-11H2,1-2H3,(H,24,26)(H,25,27)/t14-,21-/m0/s1. The molecule has 2 atom stereocenters. The molecule has 2 aliphatic rings. The molecule has 0 amide bonds. The maximum absolute atomic E-state index is 13.5. The summed E-state index contributed by atoms with van der Waals surface area (Å²) >= 11 is 0. The summed E-state index contributed by atoms with van der Waals surface area (Å²) in [6.07, 6.45) is 1.11. The first kappa shape index (κ1) is 19.2. The summed E-state index contributed by atoms with van der Waals surface area (Å²) in [5, 5.41) is 14.6. The molecule has 0 unspecified atom stereocenters. The van der Waals surface area contributed by atoms with Crippen molar-refractivity contribution in [1.82, 2.24) is 10.3 Å². The molecule has 158 valence electrons. The van der Waals surface area contributed by atoms with Crippen molar-refractivity contribution in [2.45, 2.75) is 24.8 Å². The van der Waals surface area contributed by atoms with Crippen LogP contribution in [0.5, 0.6) is 11.5 Å². The molecule has 5 rings (SSSR count). The van der Waals surface area contributed by atoms with E-state index in [2.05, 4.69) is 33.1 Å². The number of carbonyl (C=O) groups excluding carboxylic acids is 1. The number of Topliss-reactive ketones (excluding diaryl/α,β-unsaturated/α-hetero) is 1. The molecule has 0 saturated carbocycles. The van der Waals surface area contributed by atoms with Crippen LogP contribution in [0, 0.1) is 0 Å². The lowest BCUT2D eigenvalue weighted by molar-refractivity contribution is -0.116. The smallest absolute Gasteiger partial charge is 0.219 e. The Kier molecular flexibility index (Phi) is 4.82. The third-order valence-corrected chi connectivity index (χ3v) is 5.81. The molecule has 0 fully saturated rings. The zero-order valence-corrected chi connectivity index (χ0v) is 17.2. The van der Waals surface area contributed by atoms with Crippen LogP contribution >= 0.6 is 0 Å². The van der Waals surface area contributed by atoms with E-state index in [0.717, 1.165) is 16.8 Å². The number of ether oxygens (including phenoxy) is 2. The van der Waals surface area contributed by atoms with E-state index in [0.29, 0.717) is 41.5 Å². The van der Waals surface area contributed by atoms with Crippen LogP contribution in [0.15, 0.2) is 64.4 Å². The Morgan fingerprint density at radius 1 is 0.935 bits per heavy atom. The second-order valence-electron chi connectivity index (χ2n) is 7.64. The molecule has 3 aromatic rings. The van der Waals surface area contributed by atoms with E-state index in [1.165, 1.54) is 0 Å². The Labute approximate surface area is 179 Å². The maximum Gasteiger partial charge on any atom is 0.219 e. The minimum Gasteiger partial charge on any atom is -0.497 e. The van der Waals surface area contributed by atoms with E-state index in [-0.39, 0.29) is 11.7 Å². The van der Waals surface area contributed by atoms with Crippen molar-refractivity contribution in [3.05, 3.63) is 70.9 Å². The number of hydrogen-bond acceptors (Lipinski definition) is 8. The van der Waals surface area contributed by atoms with Crippen LogP contribution < -0.4 is 20.1 Å². The Morgan fingerprint density at radius 2 is 1.65 bits per heavy atom. The van der Waals surface area contributed by atoms with Gasteiger partial charge >= 0.3 is 0 Å². The topological polar surface area (TPSA) is 98.5 Å². The second-order valence-corrected chi connectivity index (χ2v) is 7.64. The number of anilines is 2. The Bertz CT molecular complexity index is 1130. The highest BCUT2D eigenvalue weighted by Crippen LogP contribution is 2.44. The summed E-state index contributed by atoms with van der Waals surface area (Å²) in [6.45, 7) is 0. The quantitative estimate of drug-likeness (QED) is 0.654. The summed E-state index contributed by atoms with van der Waals surface area (Å²) in [5.74, 6) is 2.35. The van der Waals surface area contributed by atoms with Gasteiger partial charge in [-0.15, -0.1) is 0 Å². The molecule has 8 heteroatoms. The number of ketones is 1. The van der Waals surface area contributed by atoms with Crippen LogP contribution in [0.2, 0.25) is 0 Å². The van der Waals surface area contributed by atoms with Crippen molar-refractivity contribution in [3.63, 3.8) is 0 Å². The van der Waals surface area contributed by atoms with Gasteiger partial charge in [0.15, 0.2) is 5.78 Å². The number of allylic oxidation sites excluding steroid dienone is 1. The molecule has 2 N–H and O–H groups in total. The number of methoxy groups -OCH3 is 2. The van der Waals surface area contributed by atoms with Crippen LogP contribution in [0.4, 0.5) is 11.6 Å². The van der Waals surface area contributed by atoms with Gasteiger partial charge in [0.2, 0.25) is 11.6 Å². The maximum atomic E-state index is 13.5. The average molecular weight is 418 g/mol. The zero-order valence-electron chi connectivity index (χ0n) is 17.2. The van der Waals surface area contributed by atoms with Gasteiger partial charge in [-0.3, -0.25) is 4.79 Å². The van der Waals surface area contributed by atoms with Crippen molar-refractivity contribution >= 4 is 17.4 Å². The van der Waals surface area contributed by atoms with Crippen LogP contribution in [0.1, 0.15) is 35.9 Å². The van der Waals surface area contributed by atoms with Crippen LogP contribution in [-0.4, -0.2) is 30.3 Å². The Balaban J connectivity index is 1.62. The van der Waals surface area contributed by atoms with Crippen molar-refractivity contribution in [2.24, 2.45) is 0 Å². The monoisotopic (exact) mass is 418 g/mol. The average Bonchev–Trinajstić information content (AvgIpc) is 3.17. The van der Waals surface area contributed by atoms with Gasteiger partial charge in [0.05, 0.1) is 20.3 Å². The fraction of sp³-hybridized carbons (Fsp3) is 0.261. The highest BCUT2D eigenvalue weighted by atomic mass is 16.6. The second kappa shape index (κ2) is 7.79. The lowest BCUT2D eigenvalue weighted by Crippen LogP contribution is -2.27. The highest BCUT2D eigenvalue weighted by molar-refractivity contribution is 6.00. The van der Waals surface area contributed by atoms with Gasteiger partial charge in [-0.25, -0.2) is 4.63 Å². The highest BCUT2D eigenvalue weighted by Gasteiger charge is 2.37. The summed E-state index contributed by atoms with van der Waals surface area (Å²) in [7, 11) is 3.20. The lowest BCUT2D eigenvalue weighted by atomic mass is 9.78. The first-order chi connectivity index (χ1) is 15.2. The van der Waals surface area contributed by atoms with Crippen molar-refractivity contribution in [3.8, 4) is 11.5 Å². The van der Waals surface area contributed by atoms with Crippen molar-refractivity contribution < 1.29 is 18.9 Å². The van der Waals surface area contributed by atoms with E-state index < -0.39 is 6.04 Å². The SMILES string of the molecule is COc1cc(OC)cc([C@@H]2Nc3nonc3NC3=C2C(=O)C[C@@H](c2ccccc2)C3)c1. The van der Waals surface area contributed by atoms with E-state index in [4.69, 9.17) is 14.1 Å². The predicted molar refractivity (Wildman–Crippen MR) is 114 cm³/mol. The number of nitrogens with one attached hydrogen (secondary N) is 2. The molecule has 2 aromatic carbocycles. The summed E-state index contributed by atoms with van der Waals surface area (Å²) in [4.78, 5) is 13.5. The molecule has 0 spiro atoms. The van der Waals surface area contributed by atoms with Crippen molar-refractivity contribution in [2.75, 3.05) is 24.9 Å². The van der Waals surface area contributed by atoms with E-state index in [1.54, 1.807) is 20.3 Å². The number of nitrogens with zero attached hydrogens (tertiary/aromatic N) is 2. The zero-order chi connectivity index (χ0) is 21.4. The Morgan fingerprint density at radius 3 is 2.35 bits per heavy atom. The number of rotatable bonds is 4. The normalized spacial score (nSPS) is 20.1. The first-order valence-electron chi connectivity index (χ1n) is 10.1. The fourth-order valence-electron chi connectivity index (χ4n) is 4.31. The molecule has 1 aliphatic heterocycles. The molecule has 0 radical (unpaired) electrons. The van der Waals surface area contributed by atoms with E-state index >= 15 is 0 Å². The molecular weight excluding hydrogens is 396 g/mol. The Hall–Kier alpha value is -3.81.